The molecule has 0 saturated carbocycles. The first kappa shape index (κ1) is 14.1. The van der Waals surface area contributed by atoms with Gasteiger partial charge in [0.1, 0.15) is 5.56 Å². The number of fused-ring (bicyclic) bond motifs is 1. The Hall–Kier alpha value is -2.82. The molecule has 0 atom stereocenters. The predicted molar refractivity (Wildman–Crippen MR) is 86.0 cm³/mol. The number of carbonyl (C=O) groups is 1. The van der Waals surface area contributed by atoms with Gasteiger partial charge in [-0.25, -0.2) is 0 Å². The zero-order valence-corrected chi connectivity index (χ0v) is 12.1. The number of benzene rings is 1. The van der Waals surface area contributed by atoms with Crippen molar-refractivity contribution in [2.45, 2.75) is 13.0 Å². The molecule has 0 bridgehead atoms. The lowest BCUT2D eigenvalue weighted by molar-refractivity contribution is 0.0951. The van der Waals surface area contributed by atoms with Crippen molar-refractivity contribution in [3.63, 3.8) is 0 Å². The summed E-state index contributed by atoms with van der Waals surface area (Å²) in [6, 6.07) is 13.4. The summed E-state index contributed by atoms with van der Waals surface area (Å²) in [5.41, 5.74) is 0.971. The van der Waals surface area contributed by atoms with Crippen molar-refractivity contribution in [2.24, 2.45) is 0 Å². The number of hydrogen-bond donors (Lipinski definition) is 2. The van der Waals surface area contributed by atoms with E-state index in [0.29, 0.717) is 6.54 Å². The molecule has 0 spiro atoms. The number of aromatic amines is 1. The molecule has 5 heteroatoms. The first-order chi connectivity index (χ1) is 10.8. The van der Waals surface area contributed by atoms with E-state index in [2.05, 4.69) is 33.1 Å². The van der Waals surface area contributed by atoms with Crippen LogP contribution in [0, 0.1) is 0 Å². The Bertz CT molecular complexity index is 848. The smallest absolute Gasteiger partial charge is 0.260 e. The number of amides is 1. The zero-order chi connectivity index (χ0) is 15.4. The first-order valence-corrected chi connectivity index (χ1v) is 7.25. The Kier molecular flexibility index (Phi) is 4.05. The third-order valence-corrected chi connectivity index (χ3v) is 3.60. The van der Waals surface area contributed by atoms with Crippen molar-refractivity contribution in [1.29, 1.82) is 0 Å². The van der Waals surface area contributed by atoms with E-state index < -0.39 is 0 Å². The first-order valence-electron chi connectivity index (χ1n) is 7.25. The second-order valence-corrected chi connectivity index (χ2v) is 5.09. The number of hydrogen-bond acceptors (Lipinski definition) is 2. The van der Waals surface area contributed by atoms with Gasteiger partial charge in [-0.05, 0) is 36.1 Å². The van der Waals surface area contributed by atoms with Gasteiger partial charge in [-0.1, -0.05) is 18.2 Å². The van der Waals surface area contributed by atoms with E-state index >= 15 is 0 Å². The van der Waals surface area contributed by atoms with Crippen LogP contribution in [0.3, 0.4) is 0 Å². The molecule has 0 unspecified atom stereocenters. The number of aromatic nitrogens is 2. The minimum Gasteiger partial charge on any atom is -0.352 e. The number of carbonyl (C=O) groups excluding carboxylic acids is 1. The summed E-state index contributed by atoms with van der Waals surface area (Å²) in [7, 11) is 0. The summed E-state index contributed by atoms with van der Waals surface area (Å²) in [5.74, 6) is -0.334. The molecule has 3 aromatic rings. The van der Waals surface area contributed by atoms with Crippen LogP contribution >= 0.6 is 0 Å². The van der Waals surface area contributed by atoms with Crippen molar-refractivity contribution < 1.29 is 4.79 Å². The molecule has 112 valence electrons. The second kappa shape index (κ2) is 6.30. The molecule has 1 aromatic carbocycles. The van der Waals surface area contributed by atoms with Crippen molar-refractivity contribution in [1.82, 2.24) is 14.9 Å². The van der Waals surface area contributed by atoms with Gasteiger partial charge in [0.15, 0.2) is 0 Å². The molecule has 0 fully saturated rings. The fourth-order valence-electron chi connectivity index (χ4n) is 2.48. The van der Waals surface area contributed by atoms with Crippen LogP contribution in [0.25, 0.3) is 10.9 Å². The Labute approximate surface area is 127 Å². The quantitative estimate of drug-likeness (QED) is 0.708. The van der Waals surface area contributed by atoms with Crippen LogP contribution < -0.4 is 10.9 Å². The van der Waals surface area contributed by atoms with E-state index in [-0.39, 0.29) is 17.0 Å². The van der Waals surface area contributed by atoms with E-state index in [4.69, 9.17) is 0 Å². The molecule has 2 aromatic heterocycles. The fraction of sp³-hybridized carbons (Fsp3) is 0.176. The van der Waals surface area contributed by atoms with Crippen molar-refractivity contribution in [3.05, 3.63) is 70.8 Å². The van der Waals surface area contributed by atoms with Gasteiger partial charge in [0, 0.05) is 31.0 Å². The van der Waals surface area contributed by atoms with Crippen LogP contribution in [0.5, 0.6) is 0 Å². The summed E-state index contributed by atoms with van der Waals surface area (Å²) in [6.07, 6.45) is 4.36. The minimum atomic E-state index is -0.364. The van der Waals surface area contributed by atoms with Gasteiger partial charge in [-0.2, -0.15) is 0 Å². The molecule has 2 heterocycles. The monoisotopic (exact) mass is 295 g/mol. The Morgan fingerprint density at radius 2 is 2.00 bits per heavy atom. The van der Waals surface area contributed by atoms with E-state index in [9.17, 15) is 9.59 Å². The molecule has 0 radical (unpaired) electrons. The van der Waals surface area contributed by atoms with Crippen LogP contribution in [-0.4, -0.2) is 22.0 Å². The lowest BCUT2D eigenvalue weighted by Gasteiger charge is -2.07. The highest BCUT2D eigenvalue weighted by molar-refractivity contribution is 5.93. The number of nitrogens with zero attached hydrogens (tertiary/aromatic N) is 1. The third-order valence-electron chi connectivity index (χ3n) is 3.60. The second-order valence-electron chi connectivity index (χ2n) is 5.09. The highest BCUT2D eigenvalue weighted by atomic mass is 16.2. The van der Waals surface area contributed by atoms with E-state index in [1.165, 1.54) is 23.2 Å². The maximum atomic E-state index is 11.9. The number of rotatable bonds is 5. The molecule has 22 heavy (non-hydrogen) atoms. The van der Waals surface area contributed by atoms with Crippen molar-refractivity contribution in [2.75, 3.05) is 6.54 Å². The van der Waals surface area contributed by atoms with Crippen molar-refractivity contribution in [3.8, 4) is 0 Å². The average molecular weight is 295 g/mol. The van der Waals surface area contributed by atoms with Gasteiger partial charge < -0.3 is 14.9 Å². The van der Waals surface area contributed by atoms with E-state index in [1.807, 2.05) is 18.3 Å². The van der Waals surface area contributed by atoms with Crippen LogP contribution in [0.4, 0.5) is 0 Å². The molecular weight excluding hydrogens is 278 g/mol. The van der Waals surface area contributed by atoms with Crippen LogP contribution in [0.15, 0.2) is 59.7 Å². The molecule has 3 rings (SSSR count). The van der Waals surface area contributed by atoms with Crippen LogP contribution in [0.2, 0.25) is 0 Å². The molecular formula is C17H17N3O2. The predicted octanol–water partition coefficient (Wildman–Crippen LogP) is 2.15. The van der Waals surface area contributed by atoms with Crippen molar-refractivity contribution >= 4 is 16.8 Å². The zero-order valence-electron chi connectivity index (χ0n) is 12.1. The number of pyridine rings is 1. The topological polar surface area (TPSA) is 66.9 Å². The largest absolute Gasteiger partial charge is 0.352 e. The van der Waals surface area contributed by atoms with Gasteiger partial charge in [-0.3, -0.25) is 9.59 Å². The highest BCUT2D eigenvalue weighted by Crippen LogP contribution is 2.15. The fourth-order valence-corrected chi connectivity index (χ4v) is 2.48. The van der Waals surface area contributed by atoms with Gasteiger partial charge in [0.2, 0.25) is 0 Å². The normalized spacial score (nSPS) is 10.7. The summed E-state index contributed by atoms with van der Waals surface area (Å²) in [6.45, 7) is 1.35. The molecule has 0 aliphatic carbocycles. The van der Waals surface area contributed by atoms with E-state index in [0.717, 1.165) is 13.0 Å². The minimum absolute atomic E-state index is 0.147. The van der Waals surface area contributed by atoms with E-state index in [1.54, 1.807) is 6.07 Å². The lowest BCUT2D eigenvalue weighted by Crippen LogP contribution is -2.30. The Balaban J connectivity index is 1.55. The number of para-hydroxylation sites is 1. The molecule has 1 amide bonds. The van der Waals surface area contributed by atoms with Crippen LogP contribution in [0.1, 0.15) is 16.8 Å². The molecule has 0 aliphatic rings. The third kappa shape index (κ3) is 2.93. The van der Waals surface area contributed by atoms with Gasteiger partial charge in [-0.15, -0.1) is 0 Å². The summed E-state index contributed by atoms with van der Waals surface area (Å²) in [5, 5.41) is 3.99. The molecule has 0 aliphatic heterocycles. The molecule has 2 N–H and O–H groups in total. The lowest BCUT2D eigenvalue weighted by atomic mass is 10.2. The summed E-state index contributed by atoms with van der Waals surface area (Å²) in [4.78, 5) is 25.9. The van der Waals surface area contributed by atoms with Gasteiger partial charge >= 0.3 is 0 Å². The maximum absolute atomic E-state index is 11.9. The van der Waals surface area contributed by atoms with Crippen LogP contribution in [-0.2, 0) is 6.54 Å². The highest BCUT2D eigenvalue weighted by Gasteiger charge is 2.08. The number of nitrogens with one attached hydrogen (secondary N) is 2. The maximum Gasteiger partial charge on any atom is 0.260 e. The SMILES string of the molecule is O=C(NCCCn1ccc2ccccc21)c1ccc[nH]c1=O. The average Bonchev–Trinajstić information content (AvgIpc) is 2.95. The van der Waals surface area contributed by atoms with Gasteiger partial charge in [0.25, 0.3) is 11.5 Å². The Morgan fingerprint density at radius 3 is 2.86 bits per heavy atom. The molecule has 0 saturated heterocycles. The summed E-state index contributed by atoms with van der Waals surface area (Å²) < 4.78 is 2.16. The molecule has 5 nitrogen and oxygen atoms in total. The Morgan fingerprint density at radius 1 is 1.14 bits per heavy atom. The number of aryl methyl sites for hydroxylation is 1. The summed E-state index contributed by atoms with van der Waals surface area (Å²) >= 11 is 0. The standard InChI is InChI=1S/C17H17N3O2/c21-16-14(6-3-9-18-16)17(22)19-10-4-11-20-12-8-13-5-1-2-7-15(13)20/h1-3,5-9,12H,4,10-11H2,(H,18,21)(H,19,22). The number of H-pyrrole nitrogens is 1. The van der Waals surface area contributed by atoms with Gasteiger partial charge in [0.05, 0.1) is 0 Å².